The van der Waals surface area contributed by atoms with Gasteiger partial charge in [0.15, 0.2) is 9.84 Å². The Kier molecular flexibility index (Phi) is 11.7. The topological polar surface area (TPSA) is 180 Å². The summed E-state index contributed by atoms with van der Waals surface area (Å²) in [6.45, 7) is 10.7. The maximum absolute atomic E-state index is 14.0. The quantitative estimate of drug-likeness (QED) is 0.397. The van der Waals surface area contributed by atoms with Gasteiger partial charge in [0.1, 0.15) is 17.2 Å². The molecule has 0 aromatic heterocycles. The lowest BCUT2D eigenvalue weighted by Gasteiger charge is -2.36. The molecule has 0 bridgehead atoms. The largest absolute Gasteiger partial charge is 0.480 e. The highest BCUT2D eigenvalue weighted by Gasteiger charge is 2.44. The first-order valence-electron chi connectivity index (χ1n) is 15.3. The fourth-order valence-corrected chi connectivity index (χ4v) is 7.03. The monoisotopic (exact) mass is 666 g/mol. The normalized spacial score (nSPS) is 19.7. The van der Waals surface area contributed by atoms with Crippen LogP contribution < -0.4 is 5.32 Å². The molecule has 2 saturated heterocycles. The molecule has 3 atom stereocenters. The van der Waals surface area contributed by atoms with Crippen molar-refractivity contribution in [2.24, 2.45) is 5.92 Å². The van der Waals surface area contributed by atoms with E-state index >= 15 is 0 Å². The zero-order valence-electron chi connectivity index (χ0n) is 27.4. The van der Waals surface area contributed by atoms with E-state index in [0.717, 1.165) is 4.90 Å². The van der Waals surface area contributed by atoms with Crippen molar-refractivity contribution in [3.63, 3.8) is 0 Å². The molecule has 4 amide bonds. The van der Waals surface area contributed by atoms with Crippen LogP contribution in [0, 0.1) is 5.92 Å². The summed E-state index contributed by atoms with van der Waals surface area (Å²) in [5.74, 6) is -5.06. The SMILES string of the molecule is CC(C)(C)OC(=O)N[C@H]1C[C@@H](C(=O)O)N(C(=O)[C@@H](CC(=O)N2CCN(C(=O)OC(C)(C)C)CC2)CS(=O)(=O)Cc2ccccc2)C1. The van der Waals surface area contributed by atoms with Gasteiger partial charge in [-0.1, -0.05) is 30.3 Å². The minimum absolute atomic E-state index is 0.121. The van der Waals surface area contributed by atoms with Gasteiger partial charge in [-0.25, -0.2) is 22.8 Å². The molecule has 0 aliphatic carbocycles. The third-order valence-electron chi connectivity index (χ3n) is 7.33. The summed E-state index contributed by atoms with van der Waals surface area (Å²) < 4.78 is 37.3. The van der Waals surface area contributed by atoms with Crippen LogP contribution in [0.25, 0.3) is 0 Å². The number of carboxylic acid groups (broad SMARTS) is 1. The van der Waals surface area contributed by atoms with E-state index in [9.17, 15) is 37.5 Å². The fourth-order valence-electron chi connectivity index (χ4n) is 5.34. The number of hydrogen-bond acceptors (Lipinski definition) is 9. The van der Waals surface area contributed by atoms with Gasteiger partial charge in [0.25, 0.3) is 0 Å². The second kappa shape index (κ2) is 14.7. The van der Waals surface area contributed by atoms with E-state index in [0.29, 0.717) is 5.56 Å². The van der Waals surface area contributed by atoms with Crippen molar-refractivity contribution in [2.75, 3.05) is 38.5 Å². The van der Waals surface area contributed by atoms with Gasteiger partial charge in [0.2, 0.25) is 11.8 Å². The molecule has 2 aliphatic heterocycles. The Morgan fingerprint density at radius 3 is 2.02 bits per heavy atom. The van der Waals surface area contributed by atoms with Crippen molar-refractivity contribution in [3.8, 4) is 0 Å². The van der Waals surface area contributed by atoms with Crippen molar-refractivity contribution in [2.45, 2.75) is 83.4 Å². The first-order chi connectivity index (χ1) is 21.2. The number of rotatable bonds is 9. The van der Waals surface area contributed by atoms with Crippen molar-refractivity contribution in [3.05, 3.63) is 35.9 Å². The standard InChI is InChI=1S/C31H46N4O10S/c1-30(2,3)44-28(40)32-23-17-24(27(38)39)35(18-23)26(37)22(20-46(42,43)19-21-10-8-7-9-11-21)16-25(36)33-12-14-34(15-13-33)29(41)45-31(4,5)6/h7-11,22-24H,12-20H2,1-6H3,(H,32,40)(H,38,39)/t22-,23-,24-/m0/s1. The van der Waals surface area contributed by atoms with Gasteiger partial charge in [-0.05, 0) is 47.1 Å². The van der Waals surface area contributed by atoms with Gasteiger partial charge >= 0.3 is 18.2 Å². The first kappa shape index (κ1) is 36.6. The highest BCUT2D eigenvalue weighted by atomic mass is 32.2. The van der Waals surface area contributed by atoms with E-state index in [2.05, 4.69) is 5.32 Å². The molecule has 2 heterocycles. The summed E-state index contributed by atoms with van der Waals surface area (Å²) in [6.07, 6.45) is -1.89. The smallest absolute Gasteiger partial charge is 0.410 e. The molecule has 1 aromatic rings. The molecular weight excluding hydrogens is 620 g/mol. The Balaban J connectivity index is 1.78. The van der Waals surface area contributed by atoms with Gasteiger partial charge in [0.05, 0.1) is 23.5 Å². The number of carbonyl (C=O) groups excluding carboxylic acids is 4. The third-order valence-corrected chi connectivity index (χ3v) is 9.01. The summed E-state index contributed by atoms with van der Waals surface area (Å²) in [5.41, 5.74) is -0.987. The third kappa shape index (κ3) is 11.2. The van der Waals surface area contributed by atoms with Crippen molar-refractivity contribution >= 4 is 39.8 Å². The minimum Gasteiger partial charge on any atom is -0.480 e. The van der Waals surface area contributed by atoms with E-state index in [1.165, 1.54) is 9.80 Å². The lowest BCUT2D eigenvalue weighted by molar-refractivity contribution is -0.150. The number of hydrogen-bond donors (Lipinski definition) is 2. The van der Waals surface area contributed by atoms with Gasteiger partial charge < -0.3 is 34.6 Å². The predicted octanol–water partition coefficient (Wildman–Crippen LogP) is 2.27. The number of aliphatic carboxylic acids is 1. The fraction of sp³-hybridized carbons (Fsp3) is 0.645. The number of alkyl carbamates (subject to hydrolysis) is 1. The molecule has 256 valence electrons. The Morgan fingerprint density at radius 2 is 1.48 bits per heavy atom. The number of nitrogens with one attached hydrogen (secondary N) is 1. The maximum atomic E-state index is 14.0. The zero-order valence-corrected chi connectivity index (χ0v) is 28.2. The summed E-state index contributed by atoms with van der Waals surface area (Å²) in [5, 5.41) is 12.5. The van der Waals surface area contributed by atoms with Crippen molar-refractivity contribution in [1.29, 1.82) is 0 Å². The van der Waals surface area contributed by atoms with E-state index < -0.39 is 81.2 Å². The average molecular weight is 667 g/mol. The van der Waals surface area contributed by atoms with Gasteiger partial charge in [0, 0.05) is 45.6 Å². The number of ether oxygens (including phenoxy) is 2. The zero-order chi connectivity index (χ0) is 34.4. The number of amides is 4. The molecule has 3 rings (SSSR count). The van der Waals surface area contributed by atoms with Crippen LogP contribution in [0.15, 0.2) is 30.3 Å². The number of piperazine rings is 1. The highest BCUT2D eigenvalue weighted by Crippen LogP contribution is 2.25. The lowest BCUT2D eigenvalue weighted by atomic mass is 10.0. The summed E-state index contributed by atoms with van der Waals surface area (Å²) in [4.78, 5) is 68.4. The van der Waals surface area contributed by atoms with Crippen LogP contribution in [0.1, 0.15) is 59.9 Å². The van der Waals surface area contributed by atoms with Gasteiger partial charge in [-0.2, -0.15) is 0 Å². The van der Waals surface area contributed by atoms with Crippen LogP contribution in [-0.4, -0.2) is 120 Å². The second-order valence-electron chi connectivity index (χ2n) is 13.7. The van der Waals surface area contributed by atoms with E-state index in [-0.39, 0.29) is 44.9 Å². The van der Waals surface area contributed by atoms with Gasteiger partial charge in [-0.15, -0.1) is 0 Å². The lowest BCUT2D eigenvalue weighted by Crippen LogP contribution is -2.52. The van der Waals surface area contributed by atoms with Crippen LogP contribution >= 0.6 is 0 Å². The molecule has 2 aliphatic rings. The molecule has 15 heteroatoms. The van der Waals surface area contributed by atoms with E-state index in [1.54, 1.807) is 71.9 Å². The van der Waals surface area contributed by atoms with Crippen LogP contribution in [0.3, 0.4) is 0 Å². The number of nitrogens with zero attached hydrogens (tertiary/aromatic N) is 3. The number of benzene rings is 1. The van der Waals surface area contributed by atoms with Crippen LogP contribution in [0.2, 0.25) is 0 Å². The maximum Gasteiger partial charge on any atom is 0.410 e. The highest BCUT2D eigenvalue weighted by molar-refractivity contribution is 7.90. The Labute approximate surface area is 270 Å². The molecule has 14 nitrogen and oxygen atoms in total. The molecular formula is C31H46N4O10S. The summed E-state index contributed by atoms with van der Waals surface area (Å²) in [6, 6.07) is 6.28. The minimum atomic E-state index is -3.94. The van der Waals surface area contributed by atoms with Gasteiger partial charge in [-0.3, -0.25) is 9.59 Å². The number of carbonyl (C=O) groups is 5. The molecule has 2 fully saturated rings. The predicted molar refractivity (Wildman–Crippen MR) is 167 cm³/mol. The molecule has 0 radical (unpaired) electrons. The van der Waals surface area contributed by atoms with Crippen LogP contribution in [-0.2, 0) is 39.4 Å². The molecule has 46 heavy (non-hydrogen) atoms. The first-order valence-corrected chi connectivity index (χ1v) is 17.1. The van der Waals surface area contributed by atoms with Crippen molar-refractivity contribution in [1.82, 2.24) is 20.0 Å². The number of sulfone groups is 1. The number of carboxylic acids is 1. The Hall–Kier alpha value is -3.88. The molecule has 0 spiro atoms. The molecule has 1 aromatic carbocycles. The van der Waals surface area contributed by atoms with E-state index in [1.807, 2.05) is 0 Å². The van der Waals surface area contributed by atoms with Crippen LogP contribution in [0.4, 0.5) is 9.59 Å². The Morgan fingerprint density at radius 1 is 0.913 bits per heavy atom. The molecule has 0 unspecified atom stereocenters. The average Bonchev–Trinajstić information content (AvgIpc) is 3.34. The molecule has 2 N–H and O–H groups in total. The van der Waals surface area contributed by atoms with Crippen LogP contribution in [0.5, 0.6) is 0 Å². The molecule has 0 saturated carbocycles. The summed E-state index contributed by atoms with van der Waals surface area (Å²) >= 11 is 0. The Bertz CT molecular complexity index is 1380. The number of likely N-dealkylation sites (tertiary alicyclic amines) is 1. The second-order valence-corrected chi connectivity index (χ2v) is 15.8. The van der Waals surface area contributed by atoms with Crippen molar-refractivity contribution < 1.29 is 47.0 Å². The summed E-state index contributed by atoms with van der Waals surface area (Å²) in [7, 11) is -3.94. The van der Waals surface area contributed by atoms with E-state index in [4.69, 9.17) is 9.47 Å².